The normalized spacial score (nSPS) is 16.0. The number of urea groups is 1. The molecule has 0 bridgehead atoms. The number of amides is 3. The number of anilines is 2. The predicted molar refractivity (Wildman–Crippen MR) is 91.0 cm³/mol. The minimum absolute atomic E-state index is 0.0307. The van der Waals surface area contributed by atoms with Gasteiger partial charge in [0.15, 0.2) is 0 Å². The first-order chi connectivity index (χ1) is 10.9. The number of fused-ring (bicyclic) bond motifs is 1. The van der Waals surface area contributed by atoms with E-state index in [4.69, 9.17) is 4.74 Å². The Morgan fingerprint density at radius 3 is 2.87 bits per heavy atom. The van der Waals surface area contributed by atoms with Crippen molar-refractivity contribution < 1.29 is 14.3 Å². The quantitative estimate of drug-likeness (QED) is 0.839. The maximum Gasteiger partial charge on any atom is 0.319 e. The Bertz CT molecular complexity index is 626. The van der Waals surface area contributed by atoms with Gasteiger partial charge >= 0.3 is 6.03 Å². The minimum Gasteiger partial charge on any atom is -0.490 e. The molecule has 23 heavy (non-hydrogen) atoms. The van der Waals surface area contributed by atoms with Crippen LogP contribution in [0.5, 0.6) is 5.75 Å². The molecule has 0 atom stereocenters. The molecule has 1 aromatic carbocycles. The van der Waals surface area contributed by atoms with Crippen LogP contribution in [-0.4, -0.2) is 31.6 Å². The molecule has 1 aliphatic heterocycles. The molecule has 0 saturated carbocycles. The monoisotopic (exact) mass is 317 g/mol. The van der Waals surface area contributed by atoms with Gasteiger partial charge in [-0.2, -0.15) is 0 Å². The van der Waals surface area contributed by atoms with Crippen LogP contribution in [0.4, 0.5) is 16.2 Å². The number of hydrogen-bond donors (Lipinski definition) is 2. The van der Waals surface area contributed by atoms with Gasteiger partial charge in [-0.3, -0.25) is 4.79 Å². The number of carbonyl (C=O) groups excluding carboxylic acids is 2. The number of benzene rings is 1. The first-order valence-electron chi connectivity index (χ1n) is 7.63. The van der Waals surface area contributed by atoms with Gasteiger partial charge in [0.2, 0.25) is 5.91 Å². The number of nitrogens with one attached hydrogen (secondary N) is 2. The summed E-state index contributed by atoms with van der Waals surface area (Å²) in [5.74, 6) is 0.621. The molecule has 3 amide bonds. The highest BCUT2D eigenvalue weighted by atomic mass is 16.5. The zero-order chi connectivity index (χ0) is 17.0. The summed E-state index contributed by atoms with van der Waals surface area (Å²) in [5, 5.41) is 5.37. The summed E-state index contributed by atoms with van der Waals surface area (Å²) in [6.07, 6.45) is 1.60. The SMILES string of the molecule is C=CCNC(=O)Nc1ccc2c(c1)OCC(C)(C)C(=O)N2CC. The standard InChI is InChI=1S/C17H23N3O3/c1-5-9-18-16(22)19-12-7-8-13-14(10-12)23-11-17(3,4)15(21)20(13)6-2/h5,7-8,10H,1,6,9,11H2,2-4H3,(H2,18,19,22). The van der Waals surface area contributed by atoms with Crippen LogP contribution in [0.1, 0.15) is 20.8 Å². The third kappa shape index (κ3) is 3.64. The Balaban J connectivity index is 2.26. The third-order valence-electron chi connectivity index (χ3n) is 3.64. The molecule has 0 radical (unpaired) electrons. The van der Waals surface area contributed by atoms with Gasteiger partial charge in [-0.1, -0.05) is 6.08 Å². The van der Waals surface area contributed by atoms with Crippen molar-refractivity contribution in [1.29, 1.82) is 0 Å². The fourth-order valence-electron chi connectivity index (χ4n) is 2.38. The Kier molecular flexibility index (Phi) is 4.93. The lowest BCUT2D eigenvalue weighted by Gasteiger charge is -2.26. The van der Waals surface area contributed by atoms with E-state index in [2.05, 4.69) is 17.2 Å². The van der Waals surface area contributed by atoms with E-state index < -0.39 is 5.41 Å². The second-order valence-corrected chi connectivity index (χ2v) is 6.03. The predicted octanol–water partition coefficient (Wildman–Crippen LogP) is 2.77. The van der Waals surface area contributed by atoms with Crippen molar-refractivity contribution >= 4 is 23.3 Å². The number of ether oxygens (including phenoxy) is 1. The van der Waals surface area contributed by atoms with Gasteiger partial charge in [-0.25, -0.2) is 4.79 Å². The lowest BCUT2D eigenvalue weighted by Crippen LogP contribution is -2.42. The Morgan fingerprint density at radius 2 is 2.22 bits per heavy atom. The van der Waals surface area contributed by atoms with Crippen molar-refractivity contribution in [3.63, 3.8) is 0 Å². The molecule has 2 rings (SSSR count). The summed E-state index contributed by atoms with van der Waals surface area (Å²) in [7, 11) is 0. The second-order valence-electron chi connectivity index (χ2n) is 6.03. The highest BCUT2D eigenvalue weighted by Crippen LogP contribution is 2.37. The molecular formula is C17H23N3O3. The topological polar surface area (TPSA) is 70.7 Å². The summed E-state index contributed by atoms with van der Waals surface area (Å²) in [4.78, 5) is 26.0. The van der Waals surface area contributed by atoms with Crippen molar-refractivity contribution in [1.82, 2.24) is 5.32 Å². The number of carbonyl (C=O) groups is 2. The van der Waals surface area contributed by atoms with Gasteiger partial charge in [0.1, 0.15) is 12.4 Å². The van der Waals surface area contributed by atoms with E-state index in [1.54, 1.807) is 29.2 Å². The molecule has 1 aromatic rings. The van der Waals surface area contributed by atoms with Crippen LogP contribution in [0, 0.1) is 5.41 Å². The van der Waals surface area contributed by atoms with Gasteiger partial charge in [-0.05, 0) is 32.9 Å². The molecule has 0 fully saturated rings. The summed E-state index contributed by atoms with van der Waals surface area (Å²) in [5.41, 5.74) is 0.734. The van der Waals surface area contributed by atoms with Crippen LogP contribution >= 0.6 is 0 Å². The molecule has 0 unspecified atom stereocenters. The van der Waals surface area contributed by atoms with E-state index >= 15 is 0 Å². The lowest BCUT2D eigenvalue weighted by molar-refractivity contribution is -0.127. The highest BCUT2D eigenvalue weighted by Gasteiger charge is 2.37. The molecule has 1 aliphatic rings. The first kappa shape index (κ1) is 16.9. The van der Waals surface area contributed by atoms with E-state index in [0.717, 1.165) is 5.69 Å². The van der Waals surface area contributed by atoms with Crippen LogP contribution in [0.15, 0.2) is 30.9 Å². The van der Waals surface area contributed by atoms with Gasteiger partial charge in [0.25, 0.3) is 0 Å². The van der Waals surface area contributed by atoms with Crippen molar-refractivity contribution in [3.05, 3.63) is 30.9 Å². The van der Waals surface area contributed by atoms with Crippen molar-refractivity contribution in [3.8, 4) is 5.75 Å². The maximum absolute atomic E-state index is 12.6. The zero-order valence-corrected chi connectivity index (χ0v) is 13.8. The molecule has 124 valence electrons. The molecule has 6 heteroatoms. The van der Waals surface area contributed by atoms with E-state index in [-0.39, 0.29) is 11.9 Å². The number of nitrogens with zero attached hydrogens (tertiary/aromatic N) is 1. The second kappa shape index (κ2) is 6.73. The third-order valence-corrected chi connectivity index (χ3v) is 3.64. The molecule has 6 nitrogen and oxygen atoms in total. The van der Waals surface area contributed by atoms with E-state index in [9.17, 15) is 9.59 Å². The van der Waals surface area contributed by atoms with E-state index in [1.165, 1.54) is 0 Å². The largest absolute Gasteiger partial charge is 0.490 e. The molecule has 0 spiro atoms. The molecule has 1 heterocycles. The number of rotatable bonds is 4. The van der Waals surface area contributed by atoms with E-state index in [0.29, 0.717) is 31.1 Å². The fraction of sp³-hybridized carbons (Fsp3) is 0.412. The average molecular weight is 317 g/mol. The average Bonchev–Trinajstić information content (AvgIpc) is 2.61. The van der Waals surface area contributed by atoms with Crippen LogP contribution in [0.3, 0.4) is 0 Å². The van der Waals surface area contributed by atoms with Gasteiger partial charge < -0.3 is 20.3 Å². The summed E-state index contributed by atoms with van der Waals surface area (Å²) >= 11 is 0. The number of hydrogen-bond acceptors (Lipinski definition) is 3. The fourth-order valence-corrected chi connectivity index (χ4v) is 2.38. The van der Waals surface area contributed by atoms with Crippen LogP contribution in [0.25, 0.3) is 0 Å². The van der Waals surface area contributed by atoms with Crippen LogP contribution in [0.2, 0.25) is 0 Å². The Morgan fingerprint density at radius 1 is 1.48 bits per heavy atom. The lowest BCUT2D eigenvalue weighted by atomic mass is 9.93. The zero-order valence-electron chi connectivity index (χ0n) is 13.8. The van der Waals surface area contributed by atoms with Crippen molar-refractivity contribution in [2.75, 3.05) is 29.9 Å². The molecular weight excluding hydrogens is 294 g/mol. The van der Waals surface area contributed by atoms with Gasteiger partial charge in [0, 0.05) is 24.8 Å². The van der Waals surface area contributed by atoms with Crippen molar-refractivity contribution in [2.45, 2.75) is 20.8 Å². The molecule has 0 aromatic heterocycles. The molecule has 0 saturated heterocycles. The first-order valence-corrected chi connectivity index (χ1v) is 7.63. The van der Waals surface area contributed by atoms with E-state index in [1.807, 2.05) is 20.8 Å². The van der Waals surface area contributed by atoms with Crippen LogP contribution < -0.4 is 20.3 Å². The van der Waals surface area contributed by atoms with Crippen molar-refractivity contribution in [2.24, 2.45) is 5.41 Å². The Hall–Kier alpha value is -2.50. The summed E-state index contributed by atoms with van der Waals surface area (Å²) in [6.45, 7) is 10.5. The maximum atomic E-state index is 12.6. The summed E-state index contributed by atoms with van der Waals surface area (Å²) < 4.78 is 5.82. The molecule has 2 N–H and O–H groups in total. The van der Waals surface area contributed by atoms with Gasteiger partial charge in [-0.15, -0.1) is 6.58 Å². The summed E-state index contributed by atoms with van der Waals surface area (Å²) in [6, 6.07) is 4.97. The highest BCUT2D eigenvalue weighted by molar-refractivity contribution is 6.00. The van der Waals surface area contributed by atoms with Crippen LogP contribution in [-0.2, 0) is 4.79 Å². The Labute approximate surface area is 136 Å². The molecule has 0 aliphatic carbocycles. The minimum atomic E-state index is -0.593. The van der Waals surface area contributed by atoms with Gasteiger partial charge in [0.05, 0.1) is 11.1 Å². The smallest absolute Gasteiger partial charge is 0.319 e.